The largest absolute Gasteiger partial charge is 0.370 e. The summed E-state index contributed by atoms with van der Waals surface area (Å²) in [6.45, 7) is 6.07. The first-order chi connectivity index (χ1) is 9.69. The Morgan fingerprint density at radius 2 is 2.15 bits per heavy atom. The van der Waals surface area contributed by atoms with E-state index in [4.69, 9.17) is 4.74 Å². The highest BCUT2D eigenvalue weighted by atomic mass is 16.5. The number of hydrogen-bond acceptors (Lipinski definition) is 3. The van der Waals surface area contributed by atoms with Gasteiger partial charge in [-0.3, -0.25) is 4.79 Å². The fourth-order valence-electron chi connectivity index (χ4n) is 3.12. The quantitative estimate of drug-likeness (QED) is 0.845. The van der Waals surface area contributed by atoms with Crippen molar-refractivity contribution in [1.29, 1.82) is 0 Å². The number of carbonyl (C=O) groups excluding carboxylic acids is 1. The Labute approximate surface area is 120 Å². The third-order valence-electron chi connectivity index (χ3n) is 4.26. The number of nitrogens with one attached hydrogen (secondary N) is 1. The SMILES string of the molecule is Cc1ccc(C(=O)N2CCC[C@@]3(CNCCO3)C2)cc1. The van der Waals surface area contributed by atoms with Crippen LogP contribution in [0.1, 0.15) is 28.8 Å². The molecule has 1 amide bonds. The minimum atomic E-state index is -0.170. The second kappa shape index (κ2) is 5.54. The molecule has 1 aromatic rings. The normalized spacial score (nSPS) is 26.8. The number of amides is 1. The molecule has 0 bridgehead atoms. The number of hydrogen-bond donors (Lipinski definition) is 1. The van der Waals surface area contributed by atoms with Crippen LogP contribution in [0.3, 0.4) is 0 Å². The first kappa shape index (κ1) is 13.6. The van der Waals surface area contributed by atoms with E-state index in [2.05, 4.69) is 5.32 Å². The lowest BCUT2D eigenvalue weighted by Gasteiger charge is -2.45. The summed E-state index contributed by atoms with van der Waals surface area (Å²) in [5, 5.41) is 3.39. The highest BCUT2D eigenvalue weighted by Crippen LogP contribution is 2.27. The average Bonchev–Trinajstić information content (AvgIpc) is 2.48. The topological polar surface area (TPSA) is 41.6 Å². The molecule has 2 heterocycles. The summed E-state index contributed by atoms with van der Waals surface area (Å²) < 4.78 is 5.99. The monoisotopic (exact) mass is 274 g/mol. The van der Waals surface area contributed by atoms with Crippen molar-refractivity contribution in [2.45, 2.75) is 25.4 Å². The lowest BCUT2D eigenvalue weighted by atomic mass is 9.91. The molecule has 0 aliphatic carbocycles. The van der Waals surface area contributed by atoms with Crippen LogP contribution in [0.5, 0.6) is 0 Å². The third-order valence-corrected chi connectivity index (χ3v) is 4.26. The Bertz CT molecular complexity index is 472. The van der Waals surface area contributed by atoms with Gasteiger partial charge in [0.15, 0.2) is 0 Å². The van der Waals surface area contributed by atoms with Gasteiger partial charge in [0.05, 0.1) is 18.8 Å². The van der Waals surface area contributed by atoms with Gasteiger partial charge < -0.3 is 15.0 Å². The molecule has 2 saturated heterocycles. The highest BCUT2D eigenvalue weighted by molar-refractivity contribution is 5.94. The fraction of sp³-hybridized carbons (Fsp3) is 0.562. The molecule has 20 heavy (non-hydrogen) atoms. The van der Waals surface area contributed by atoms with Crippen molar-refractivity contribution in [2.24, 2.45) is 0 Å². The van der Waals surface area contributed by atoms with E-state index >= 15 is 0 Å². The molecular weight excluding hydrogens is 252 g/mol. The van der Waals surface area contributed by atoms with Crippen LogP contribution in [0.2, 0.25) is 0 Å². The van der Waals surface area contributed by atoms with Crippen LogP contribution in [-0.4, -0.2) is 49.2 Å². The van der Waals surface area contributed by atoms with Crippen molar-refractivity contribution in [3.63, 3.8) is 0 Å². The molecule has 0 aromatic heterocycles. The maximum atomic E-state index is 12.6. The molecule has 4 heteroatoms. The zero-order chi connectivity index (χ0) is 14.0. The molecule has 0 unspecified atom stereocenters. The molecule has 2 aliphatic rings. The van der Waals surface area contributed by atoms with Crippen molar-refractivity contribution in [1.82, 2.24) is 10.2 Å². The van der Waals surface area contributed by atoms with Crippen LogP contribution < -0.4 is 5.32 Å². The molecule has 3 rings (SSSR count). The standard InChI is InChI=1S/C16H22N2O2/c1-13-3-5-14(6-4-13)15(19)18-9-2-7-16(12-18)11-17-8-10-20-16/h3-6,17H,2,7-12H2,1H3/t16-/m1/s1. The number of morpholine rings is 1. The van der Waals surface area contributed by atoms with Crippen LogP contribution in [-0.2, 0) is 4.74 Å². The maximum Gasteiger partial charge on any atom is 0.253 e. The minimum Gasteiger partial charge on any atom is -0.370 e. The summed E-state index contributed by atoms with van der Waals surface area (Å²) in [6, 6.07) is 7.81. The van der Waals surface area contributed by atoms with Crippen LogP contribution in [0, 0.1) is 6.92 Å². The maximum absolute atomic E-state index is 12.6. The number of benzene rings is 1. The van der Waals surface area contributed by atoms with Gasteiger partial charge in [-0.15, -0.1) is 0 Å². The van der Waals surface area contributed by atoms with Gasteiger partial charge in [-0.1, -0.05) is 17.7 Å². The van der Waals surface area contributed by atoms with E-state index in [1.165, 1.54) is 5.56 Å². The van der Waals surface area contributed by atoms with Crippen molar-refractivity contribution in [3.8, 4) is 0 Å². The molecule has 1 spiro atoms. The number of piperidine rings is 1. The Morgan fingerprint density at radius 3 is 2.85 bits per heavy atom. The van der Waals surface area contributed by atoms with Crippen molar-refractivity contribution < 1.29 is 9.53 Å². The first-order valence-electron chi connectivity index (χ1n) is 7.39. The fourth-order valence-corrected chi connectivity index (χ4v) is 3.12. The number of ether oxygens (including phenoxy) is 1. The number of nitrogens with zero attached hydrogens (tertiary/aromatic N) is 1. The van der Waals surface area contributed by atoms with E-state index in [1.54, 1.807) is 0 Å². The van der Waals surface area contributed by atoms with E-state index in [-0.39, 0.29) is 11.5 Å². The van der Waals surface area contributed by atoms with Crippen LogP contribution in [0.4, 0.5) is 0 Å². The molecule has 2 fully saturated rings. The summed E-state index contributed by atoms with van der Waals surface area (Å²) in [5.41, 5.74) is 1.78. The highest BCUT2D eigenvalue weighted by Gasteiger charge is 2.39. The van der Waals surface area contributed by atoms with E-state index < -0.39 is 0 Å². The second-order valence-electron chi connectivity index (χ2n) is 5.90. The Morgan fingerprint density at radius 1 is 1.35 bits per heavy atom. The second-order valence-corrected chi connectivity index (χ2v) is 5.90. The summed E-state index contributed by atoms with van der Waals surface area (Å²) in [5.74, 6) is 0.123. The van der Waals surface area contributed by atoms with Gasteiger partial charge >= 0.3 is 0 Å². The Kier molecular flexibility index (Phi) is 3.76. The van der Waals surface area contributed by atoms with Crippen molar-refractivity contribution in [3.05, 3.63) is 35.4 Å². The summed E-state index contributed by atoms with van der Waals surface area (Å²) in [7, 11) is 0. The lowest BCUT2D eigenvalue weighted by molar-refractivity contribution is -0.0989. The van der Waals surface area contributed by atoms with Gasteiger partial charge in [-0.2, -0.15) is 0 Å². The van der Waals surface area contributed by atoms with Crippen molar-refractivity contribution in [2.75, 3.05) is 32.8 Å². The first-order valence-corrected chi connectivity index (χ1v) is 7.39. The minimum absolute atomic E-state index is 0.123. The predicted octanol–water partition coefficient (Wildman–Crippen LogP) is 1.59. The number of aryl methyl sites for hydroxylation is 1. The predicted molar refractivity (Wildman–Crippen MR) is 77.9 cm³/mol. The van der Waals surface area contributed by atoms with E-state index in [0.29, 0.717) is 6.54 Å². The van der Waals surface area contributed by atoms with Gasteiger partial charge in [0.1, 0.15) is 0 Å². The van der Waals surface area contributed by atoms with Crippen molar-refractivity contribution >= 4 is 5.91 Å². The summed E-state index contributed by atoms with van der Waals surface area (Å²) >= 11 is 0. The number of likely N-dealkylation sites (tertiary alicyclic amines) is 1. The van der Waals surface area contributed by atoms with E-state index in [9.17, 15) is 4.79 Å². The van der Waals surface area contributed by atoms with Gasteiger partial charge in [-0.05, 0) is 31.9 Å². The Balaban J connectivity index is 1.73. The van der Waals surface area contributed by atoms with E-state index in [0.717, 1.165) is 44.6 Å². The molecule has 4 nitrogen and oxygen atoms in total. The number of rotatable bonds is 1. The van der Waals surface area contributed by atoms with Crippen LogP contribution in [0.15, 0.2) is 24.3 Å². The molecule has 0 saturated carbocycles. The van der Waals surface area contributed by atoms with Crippen LogP contribution >= 0.6 is 0 Å². The van der Waals surface area contributed by atoms with Gasteiger partial charge in [0.25, 0.3) is 5.91 Å². The third kappa shape index (κ3) is 2.72. The summed E-state index contributed by atoms with van der Waals surface area (Å²) in [6.07, 6.45) is 2.05. The Hall–Kier alpha value is -1.39. The molecule has 108 valence electrons. The van der Waals surface area contributed by atoms with Gasteiger partial charge in [0, 0.05) is 25.2 Å². The molecule has 2 aliphatic heterocycles. The van der Waals surface area contributed by atoms with E-state index in [1.807, 2.05) is 36.1 Å². The number of carbonyl (C=O) groups is 1. The smallest absolute Gasteiger partial charge is 0.253 e. The van der Waals surface area contributed by atoms with Gasteiger partial charge in [0.2, 0.25) is 0 Å². The molecule has 1 aromatic carbocycles. The van der Waals surface area contributed by atoms with Crippen LogP contribution in [0.25, 0.3) is 0 Å². The zero-order valence-electron chi connectivity index (χ0n) is 12.0. The average molecular weight is 274 g/mol. The lowest BCUT2D eigenvalue weighted by Crippen LogP contribution is -2.59. The molecule has 1 N–H and O–H groups in total. The van der Waals surface area contributed by atoms with Gasteiger partial charge in [-0.25, -0.2) is 0 Å². The summed E-state index contributed by atoms with van der Waals surface area (Å²) in [4.78, 5) is 14.5. The molecular formula is C16H22N2O2. The molecule has 1 atom stereocenters. The zero-order valence-corrected chi connectivity index (χ0v) is 12.0. The molecule has 0 radical (unpaired) electrons.